The van der Waals surface area contributed by atoms with E-state index in [-0.39, 0.29) is 0 Å². The van der Waals surface area contributed by atoms with Crippen LogP contribution in [0.2, 0.25) is 0 Å². The van der Waals surface area contributed by atoms with E-state index in [2.05, 4.69) is 76.5 Å². The van der Waals surface area contributed by atoms with Crippen LogP contribution >= 0.6 is 0 Å². The number of hydrogen-bond donors (Lipinski definition) is 1. The molecule has 5 nitrogen and oxygen atoms in total. The van der Waals surface area contributed by atoms with Crippen LogP contribution in [0.4, 0.5) is 0 Å². The van der Waals surface area contributed by atoms with E-state index in [1.165, 1.54) is 5.56 Å². The molecule has 3 aromatic heterocycles. The second-order valence-electron chi connectivity index (χ2n) is 8.27. The summed E-state index contributed by atoms with van der Waals surface area (Å²) in [6.07, 6.45) is 8.48. The Kier molecular flexibility index (Phi) is 6.20. The minimum absolute atomic E-state index is 0.833. The van der Waals surface area contributed by atoms with E-state index in [0.29, 0.717) is 0 Å². The van der Waals surface area contributed by atoms with E-state index in [1.54, 1.807) is 12.4 Å². The fourth-order valence-electron chi connectivity index (χ4n) is 4.07. The summed E-state index contributed by atoms with van der Waals surface area (Å²) < 4.78 is 0. The van der Waals surface area contributed by atoms with Crippen molar-refractivity contribution < 1.29 is 0 Å². The number of nitrogens with zero attached hydrogens (tertiary/aromatic N) is 4. The normalized spacial score (nSPS) is 11.2. The Bertz CT molecular complexity index is 1360. The van der Waals surface area contributed by atoms with Crippen LogP contribution in [-0.4, -0.2) is 24.9 Å². The van der Waals surface area contributed by atoms with Crippen LogP contribution in [0.1, 0.15) is 36.8 Å². The highest BCUT2D eigenvalue weighted by Crippen LogP contribution is 2.31. The average molecular weight is 434 g/mol. The zero-order valence-electron chi connectivity index (χ0n) is 18.8. The molecule has 164 valence electrons. The first-order valence-corrected chi connectivity index (χ1v) is 11.6. The summed E-state index contributed by atoms with van der Waals surface area (Å²) in [6, 6.07) is 22.9. The van der Waals surface area contributed by atoms with E-state index in [4.69, 9.17) is 9.97 Å². The molecule has 0 saturated heterocycles. The van der Waals surface area contributed by atoms with Gasteiger partial charge in [-0.2, -0.15) is 0 Å². The van der Waals surface area contributed by atoms with Gasteiger partial charge in [0.15, 0.2) is 0 Å². The summed E-state index contributed by atoms with van der Waals surface area (Å²) in [5, 5.41) is 0. The van der Waals surface area contributed by atoms with Gasteiger partial charge in [0.05, 0.1) is 28.1 Å². The minimum atomic E-state index is 0.833. The van der Waals surface area contributed by atoms with Crippen molar-refractivity contribution in [1.82, 2.24) is 24.9 Å². The number of aryl methyl sites for hydroxylation is 3. The molecular weight excluding hydrogens is 406 g/mol. The third kappa shape index (κ3) is 4.82. The van der Waals surface area contributed by atoms with Crippen LogP contribution in [0.25, 0.3) is 33.7 Å². The van der Waals surface area contributed by atoms with Crippen LogP contribution in [0.3, 0.4) is 0 Å². The average Bonchev–Trinajstić information content (AvgIpc) is 3.31. The minimum Gasteiger partial charge on any atom is -0.340 e. The summed E-state index contributed by atoms with van der Waals surface area (Å²) in [7, 11) is 0. The van der Waals surface area contributed by atoms with Crippen LogP contribution in [-0.2, 0) is 19.3 Å². The van der Waals surface area contributed by atoms with Crippen molar-refractivity contribution in [3.63, 3.8) is 0 Å². The lowest BCUT2D eigenvalue weighted by Gasteiger charge is -2.06. The zero-order valence-corrected chi connectivity index (χ0v) is 18.8. The van der Waals surface area contributed by atoms with Crippen molar-refractivity contribution in [3.05, 3.63) is 96.2 Å². The van der Waals surface area contributed by atoms with Gasteiger partial charge < -0.3 is 4.98 Å². The second kappa shape index (κ2) is 9.74. The van der Waals surface area contributed by atoms with Gasteiger partial charge in [0.2, 0.25) is 0 Å². The third-order valence-electron chi connectivity index (χ3n) is 5.84. The molecule has 0 atom stereocenters. The molecule has 33 heavy (non-hydrogen) atoms. The van der Waals surface area contributed by atoms with E-state index in [9.17, 15) is 0 Å². The number of nitrogens with one attached hydrogen (secondary N) is 1. The van der Waals surface area contributed by atoms with Gasteiger partial charge in [-0.1, -0.05) is 55.8 Å². The third-order valence-corrected chi connectivity index (χ3v) is 5.84. The van der Waals surface area contributed by atoms with Gasteiger partial charge in [-0.25, -0.2) is 4.98 Å². The maximum atomic E-state index is 5.03. The summed E-state index contributed by atoms with van der Waals surface area (Å²) in [4.78, 5) is 22.5. The smallest absolute Gasteiger partial charge is 0.107 e. The monoisotopic (exact) mass is 433 g/mol. The summed E-state index contributed by atoms with van der Waals surface area (Å²) in [6.45, 7) is 2.21. The van der Waals surface area contributed by atoms with E-state index >= 15 is 0 Å². The van der Waals surface area contributed by atoms with Crippen molar-refractivity contribution in [3.8, 4) is 22.6 Å². The molecule has 0 aliphatic rings. The second-order valence-corrected chi connectivity index (χ2v) is 8.27. The Morgan fingerprint density at radius 3 is 2.45 bits per heavy atom. The van der Waals surface area contributed by atoms with Crippen LogP contribution in [0.5, 0.6) is 0 Å². The molecule has 0 radical (unpaired) electrons. The van der Waals surface area contributed by atoms with Crippen molar-refractivity contribution in [2.45, 2.75) is 39.0 Å². The van der Waals surface area contributed by atoms with E-state index < -0.39 is 0 Å². The molecule has 1 N–H and O–H groups in total. The Morgan fingerprint density at radius 1 is 0.758 bits per heavy atom. The number of unbranched alkanes of at least 4 members (excludes halogenated alkanes) is 1. The maximum Gasteiger partial charge on any atom is 0.107 e. The number of H-pyrrole nitrogens is 1. The first kappa shape index (κ1) is 21.0. The lowest BCUT2D eigenvalue weighted by molar-refractivity contribution is 0.777. The van der Waals surface area contributed by atoms with Crippen molar-refractivity contribution in [1.29, 1.82) is 0 Å². The van der Waals surface area contributed by atoms with Crippen LogP contribution < -0.4 is 0 Å². The summed E-state index contributed by atoms with van der Waals surface area (Å²) in [5.74, 6) is 0.962. The van der Waals surface area contributed by atoms with Gasteiger partial charge in [-0.3, -0.25) is 15.0 Å². The maximum absolute atomic E-state index is 5.03. The molecule has 0 fully saturated rings. The molecule has 2 aromatic carbocycles. The summed E-state index contributed by atoms with van der Waals surface area (Å²) >= 11 is 0. The molecule has 5 rings (SSSR count). The number of aromatic amines is 1. The highest BCUT2D eigenvalue weighted by Gasteiger charge is 2.16. The Labute approximate surface area is 194 Å². The number of aromatic nitrogens is 5. The number of imidazole rings is 1. The molecule has 5 aromatic rings. The highest BCUT2D eigenvalue weighted by molar-refractivity contribution is 5.84. The fraction of sp³-hybridized carbons (Fsp3) is 0.214. The summed E-state index contributed by atoms with van der Waals surface area (Å²) in [5.41, 5.74) is 7.97. The van der Waals surface area contributed by atoms with E-state index in [0.717, 1.165) is 77.3 Å². The van der Waals surface area contributed by atoms with Gasteiger partial charge in [0, 0.05) is 30.1 Å². The topological polar surface area (TPSA) is 67.3 Å². The molecule has 3 heterocycles. The van der Waals surface area contributed by atoms with Gasteiger partial charge in [-0.15, -0.1) is 0 Å². The number of fused-ring (bicyclic) bond motifs is 1. The first-order valence-electron chi connectivity index (χ1n) is 11.6. The Morgan fingerprint density at radius 2 is 1.61 bits per heavy atom. The van der Waals surface area contributed by atoms with Crippen molar-refractivity contribution in [2.24, 2.45) is 0 Å². The van der Waals surface area contributed by atoms with Gasteiger partial charge in [0.25, 0.3) is 0 Å². The molecule has 0 aliphatic carbocycles. The lowest BCUT2D eigenvalue weighted by Crippen LogP contribution is -1.95. The standard InChI is InChI=1S/C28H27N5/c1-2-3-10-22-11-7-12-24(31-22)28-27(21-14-15-23-25(19-21)30-18-17-29-23)32-26(33-28)16-13-20-8-5-4-6-9-20/h4-9,11-12,14-15,17-19H,2-3,10,13,16H2,1H3,(H,32,33). The highest BCUT2D eigenvalue weighted by atomic mass is 15.0. The molecule has 0 amide bonds. The van der Waals surface area contributed by atoms with E-state index in [1.807, 2.05) is 12.1 Å². The number of rotatable bonds is 8. The molecule has 0 spiro atoms. The molecule has 0 aliphatic heterocycles. The SMILES string of the molecule is CCCCc1cccc(-c2[nH]c(CCc3ccccc3)nc2-c2ccc3nccnc3c2)n1. The van der Waals surface area contributed by atoms with Crippen molar-refractivity contribution >= 4 is 11.0 Å². The molecule has 0 saturated carbocycles. The van der Waals surface area contributed by atoms with Gasteiger partial charge >= 0.3 is 0 Å². The Hall–Kier alpha value is -3.86. The molecule has 0 bridgehead atoms. The molecule has 0 unspecified atom stereocenters. The predicted molar refractivity (Wildman–Crippen MR) is 133 cm³/mol. The van der Waals surface area contributed by atoms with Gasteiger partial charge in [0.1, 0.15) is 5.82 Å². The first-order chi connectivity index (χ1) is 16.3. The quantitative estimate of drug-likeness (QED) is 0.316. The predicted octanol–water partition coefficient (Wildman–Crippen LogP) is 6.21. The molecular formula is C28H27N5. The zero-order chi connectivity index (χ0) is 22.5. The van der Waals surface area contributed by atoms with Gasteiger partial charge in [-0.05, 0) is 49.1 Å². The molecule has 5 heteroatoms. The van der Waals surface area contributed by atoms with Crippen LogP contribution in [0.15, 0.2) is 79.1 Å². The van der Waals surface area contributed by atoms with Crippen LogP contribution in [0, 0.1) is 0 Å². The number of hydrogen-bond acceptors (Lipinski definition) is 4. The Balaban J connectivity index is 1.54. The van der Waals surface area contributed by atoms with Crippen molar-refractivity contribution in [2.75, 3.05) is 0 Å². The largest absolute Gasteiger partial charge is 0.340 e. The fourth-order valence-corrected chi connectivity index (χ4v) is 4.07. The number of pyridine rings is 1. The number of benzene rings is 2. The lowest BCUT2D eigenvalue weighted by atomic mass is 10.1.